The van der Waals surface area contributed by atoms with Crippen LogP contribution < -0.4 is 5.32 Å². The lowest BCUT2D eigenvalue weighted by Crippen LogP contribution is -2.46. The fourth-order valence-electron chi connectivity index (χ4n) is 2.06. The van der Waals surface area contributed by atoms with Crippen molar-refractivity contribution < 1.29 is 4.79 Å². The third-order valence-corrected chi connectivity index (χ3v) is 3.28. The molecule has 1 rings (SSSR count). The zero-order valence-electron chi connectivity index (χ0n) is 11.0. The monoisotopic (exact) mass is 226 g/mol. The fraction of sp³-hybridized carbons (Fsp3) is 0.923. The van der Waals surface area contributed by atoms with E-state index < -0.39 is 0 Å². The van der Waals surface area contributed by atoms with Crippen molar-refractivity contribution in [3.63, 3.8) is 0 Å². The van der Waals surface area contributed by atoms with E-state index in [1.807, 2.05) is 4.90 Å². The van der Waals surface area contributed by atoms with Gasteiger partial charge in [0.05, 0.1) is 0 Å². The van der Waals surface area contributed by atoms with E-state index in [1.165, 1.54) is 12.8 Å². The molecule has 1 aliphatic rings. The van der Waals surface area contributed by atoms with Gasteiger partial charge in [0.2, 0.25) is 5.91 Å². The predicted octanol–water partition coefficient (Wildman–Crippen LogP) is 2.02. The summed E-state index contributed by atoms with van der Waals surface area (Å²) < 4.78 is 0. The lowest BCUT2D eigenvalue weighted by atomic mass is 9.98. The SMILES string of the molecule is CCCCCN(C(=O)CC1CNC1)C(C)C. The van der Waals surface area contributed by atoms with E-state index in [1.54, 1.807) is 0 Å². The molecule has 0 aromatic carbocycles. The maximum Gasteiger partial charge on any atom is 0.223 e. The average Bonchev–Trinajstić information content (AvgIpc) is 2.17. The Morgan fingerprint density at radius 1 is 1.38 bits per heavy atom. The highest BCUT2D eigenvalue weighted by molar-refractivity contribution is 5.76. The van der Waals surface area contributed by atoms with Gasteiger partial charge in [0.15, 0.2) is 0 Å². The molecular formula is C13H26N2O. The first-order chi connectivity index (χ1) is 7.65. The number of carbonyl (C=O) groups is 1. The van der Waals surface area contributed by atoms with Gasteiger partial charge in [0.25, 0.3) is 0 Å². The van der Waals surface area contributed by atoms with Gasteiger partial charge in [-0.25, -0.2) is 0 Å². The van der Waals surface area contributed by atoms with Gasteiger partial charge in [-0.15, -0.1) is 0 Å². The number of nitrogens with one attached hydrogen (secondary N) is 1. The molecule has 0 atom stereocenters. The molecule has 0 radical (unpaired) electrons. The number of rotatable bonds is 7. The van der Waals surface area contributed by atoms with E-state index in [2.05, 4.69) is 26.1 Å². The molecule has 0 unspecified atom stereocenters. The lowest BCUT2D eigenvalue weighted by Gasteiger charge is -2.32. The van der Waals surface area contributed by atoms with Crippen molar-refractivity contribution >= 4 is 5.91 Å². The van der Waals surface area contributed by atoms with Crippen LogP contribution >= 0.6 is 0 Å². The molecule has 1 amide bonds. The molecule has 0 saturated carbocycles. The van der Waals surface area contributed by atoms with Crippen LogP contribution in [0.25, 0.3) is 0 Å². The van der Waals surface area contributed by atoms with Gasteiger partial charge in [-0.3, -0.25) is 4.79 Å². The van der Waals surface area contributed by atoms with Crippen LogP contribution in [0.15, 0.2) is 0 Å². The number of unbranched alkanes of at least 4 members (excludes halogenated alkanes) is 2. The predicted molar refractivity (Wildman–Crippen MR) is 67.4 cm³/mol. The summed E-state index contributed by atoms with van der Waals surface area (Å²) in [6.07, 6.45) is 4.31. The van der Waals surface area contributed by atoms with Gasteiger partial charge in [-0.05, 0) is 39.3 Å². The van der Waals surface area contributed by atoms with E-state index in [0.717, 1.165) is 32.5 Å². The zero-order valence-corrected chi connectivity index (χ0v) is 11.0. The first kappa shape index (κ1) is 13.5. The number of carbonyl (C=O) groups excluding carboxylic acids is 1. The van der Waals surface area contributed by atoms with Crippen LogP contribution in [-0.4, -0.2) is 36.5 Å². The first-order valence-electron chi connectivity index (χ1n) is 6.65. The number of amides is 1. The van der Waals surface area contributed by atoms with E-state index in [4.69, 9.17) is 0 Å². The molecule has 0 spiro atoms. The Morgan fingerprint density at radius 3 is 2.50 bits per heavy atom. The molecule has 1 saturated heterocycles. The number of hydrogen-bond acceptors (Lipinski definition) is 2. The van der Waals surface area contributed by atoms with Crippen LogP contribution in [0.5, 0.6) is 0 Å². The minimum atomic E-state index is 0.345. The molecule has 1 heterocycles. The van der Waals surface area contributed by atoms with Crippen molar-refractivity contribution in [1.29, 1.82) is 0 Å². The van der Waals surface area contributed by atoms with Crippen LogP contribution in [0.1, 0.15) is 46.5 Å². The van der Waals surface area contributed by atoms with Crippen molar-refractivity contribution in [1.82, 2.24) is 10.2 Å². The Balaban J connectivity index is 2.31. The van der Waals surface area contributed by atoms with Crippen LogP contribution in [-0.2, 0) is 4.79 Å². The van der Waals surface area contributed by atoms with Crippen molar-refractivity contribution in [3.8, 4) is 0 Å². The highest BCUT2D eigenvalue weighted by Crippen LogP contribution is 2.13. The Hall–Kier alpha value is -0.570. The van der Waals surface area contributed by atoms with E-state index in [-0.39, 0.29) is 0 Å². The second kappa shape index (κ2) is 6.89. The largest absolute Gasteiger partial charge is 0.340 e. The molecule has 0 aliphatic carbocycles. The van der Waals surface area contributed by atoms with Gasteiger partial charge in [-0.2, -0.15) is 0 Å². The second-order valence-corrected chi connectivity index (χ2v) is 5.12. The van der Waals surface area contributed by atoms with Gasteiger partial charge >= 0.3 is 0 Å². The van der Waals surface area contributed by atoms with Crippen molar-refractivity contribution in [2.45, 2.75) is 52.5 Å². The van der Waals surface area contributed by atoms with E-state index in [9.17, 15) is 4.79 Å². The third-order valence-electron chi connectivity index (χ3n) is 3.28. The Bertz CT molecular complexity index is 212. The maximum atomic E-state index is 12.1. The minimum absolute atomic E-state index is 0.345. The highest BCUT2D eigenvalue weighted by Gasteiger charge is 2.24. The summed E-state index contributed by atoms with van der Waals surface area (Å²) in [4.78, 5) is 14.1. The highest BCUT2D eigenvalue weighted by atomic mass is 16.2. The molecule has 0 bridgehead atoms. The first-order valence-corrected chi connectivity index (χ1v) is 6.65. The molecule has 94 valence electrons. The Morgan fingerprint density at radius 2 is 2.06 bits per heavy atom. The second-order valence-electron chi connectivity index (χ2n) is 5.12. The summed E-state index contributed by atoms with van der Waals surface area (Å²) in [5.74, 6) is 0.928. The molecular weight excluding hydrogens is 200 g/mol. The molecule has 1 N–H and O–H groups in total. The van der Waals surface area contributed by atoms with Crippen LogP contribution in [0.4, 0.5) is 0 Å². The minimum Gasteiger partial charge on any atom is -0.340 e. The van der Waals surface area contributed by atoms with Crippen LogP contribution in [0.3, 0.4) is 0 Å². The topological polar surface area (TPSA) is 32.3 Å². The summed E-state index contributed by atoms with van der Waals surface area (Å²) in [5, 5.41) is 3.22. The average molecular weight is 226 g/mol. The molecule has 0 aromatic rings. The van der Waals surface area contributed by atoms with Crippen molar-refractivity contribution in [2.75, 3.05) is 19.6 Å². The fourth-order valence-corrected chi connectivity index (χ4v) is 2.06. The van der Waals surface area contributed by atoms with Gasteiger partial charge < -0.3 is 10.2 Å². The van der Waals surface area contributed by atoms with Gasteiger partial charge in [-0.1, -0.05) is 19.8 Å². The molecule has 1 fully saturated rings. The summed E-state index contributed by atoms with van der Waals surface area (Å²) in [6.45, 7) is 9.40. The standard InChI is InChI=1S/C13H26N2O/c1-4-5-6-7-15(11(2)3)13(16)8-12-9-14-10-12/h11-12,14H,4-10H2,1-3H3. The summed E-state index contributed by atoms with van der Waals surface area (Å²) in [5.41, 5.74) is 0. The van der Waals surface area contributed by atoms with Gasteiger partial charge in [0, 0.05) is 19.0 Å². The summed E-state index contributed by atoms with van der Waals surface area (Å²) in [6, 6.07) is 0.345. The van der Waals surface area contributed by atoms with Crippen LogP contribution in [0, 0.1) is 5.92 Å². The molecule has 0 aromatic heterocycles. The van der Waals surface area contributed by atoms with Gasteiger partial charge in [0.1, 0.15) is 0 Å². The van der Waals surface area contributed by atoms with Crippen LogP contribution in [0.2, 0.25) is 0 Å². The Kier molecular flexibility index (Phi) is 5.81. The lowest BCUT2D eigenvalue weighted by molar-refractivity contribution is -0.134. The zero-order chi connectivity index (χ0) is 12.0. The molecule has 3 nitrogen and oxygen atoms in total. The molecule has 1 aliphatic heterocycles. The Labute approximate surface area is 99.6 Å². The maximum absolute atomic E-state index is 12.1. The van der Waals surface area contributed by atoms with E-state index in [0.29, 0.717) is 17.9 Å². The summed E-state index contributed by atoms with van der Waals surface area (Å²) >= 11 is 0. The van der Waals surface area contributed by atoms with Crippen molar-refractivity contribution in [2.24, 2.45) is 5.92 Å². The third kappa shape index (κ3) is 4.12. The number of hydrogen-bond donors (Lipinski definition) is 1. The quantitative estimate of drug-likeness (QED) is 0.674. The smallest absolute Gasteiger partial charge is 0.223 e. The molecule has 3 heteroatoms. The normalized spacial score (nSPS) is 16.2. The number of nitrogens with zero attached hydrogens (tertiary/aromatic N) is 1. The van der Waals surface area contributed by atoms with Crippen molar-refractivity contribution in [3.05, 3.63) is 0 Å². The van der Waals surface area contributed by atoms with E-state index >= 15 is 0 Å². The molecule has 16 heavy (non-hydrogen) atoms. The summed E-state index contributed by atoms with van der Waals surface area (Å²) in [7, 11) is 0.